The van der Waals surface area contributed by atoms with Gasteiger partial charge in [-0.05, 0) is 18.1 Å². The molecule has 0 bridgehead atoms. The number of rotatable bonds is 5. The maximum absolute atomic E-state index is 5.66. The lowest BCUT2D eigenvalue weighted by Crippen LogP contribution is -2.19. The van der Waals surface area contributed by atoms with Gasteiger partial charge in [0.05, 0.1) is 7.11 Å². The van der Waals surface area contributed by atoms with Crippen molar-refractivity contribution in [1.29, 1.82) is 0 Å². The second-order valence-electron chi connectivity index (χ2n) is 4.73. The van der Waals surface area contributed by atoms with Gasteiger partial charge < -0.3 is 15.4 Å². The molecule has 5 nitrogen and oxygen atoms in total. The Balaban J connectivity index is 2.18. The highest BCUT2D eigenvalue weighted by molar-refractivity contribution is 5.35. The zero-order chi connectivity index (χ0) is 14.5. The van der Waals surface area contributed by atoms with Gasteiger partial charge in [-0.2, -0.15) is 4.98 Å². The number of nitrogens with two attached hydrogens (primary N) is 1. The molecule has 1 aromatic heterocycles. The largest absolute Gasteiger partial charge is 0.481 e. The Morgan fingerprint density at radius 3 is 2.65 bits per heavy atom. The zero-order valence-corrected chi connectivity index (χ0v) is 12.1. The molecule has 0 saturated carbocycles. The fourth-order valence-electron chi connectivity index (χ4n) is 2.00. The van der Waals surface area contributed by atoms with Gasteiger partial charge in [-0.25, -0.2) is 4.98 Å². The average Bonchev–Trinajstić information content (AvgIpc) is 2.46. The third-order valence-corrected chi connectivity index (χ3v) is 3.02. The Morgan fingerprint density at radius 2 is 1.95 bits per heavy atom. The Kier molecular flexibility index (Phi) is 4.53. The third-order valence-electron chi connectivity index (χ3n) is 3.02. The minimum Gasteiger partial charge on any atom is -0.481 e. The second kappa shape index (κ2) is 6.34. The number of ether oxygens (including phenoxy) is 1. The molecule has 20 heavy (non-hydrogen) atoms. The van der Waals surface area contributed by atoms with Crippen molar-refractivity contribution in [2.75, 3.05) is 19.1 Å². The number of hydrogen-bond donors (Lipinski definition) is 1. The molecule has 106 valence electrons. The van der Waals surface area contributed by atoms with E-state index in [1.165, 1.54) is 5.56 Å². The summed E-state index contributed by atoms with van der Waals surface area (Å²) < 4.78 is 5.18. The first-order valence-electron chi connectivity index (χ1n) is 6.51. The summed E-state index contributed by atoms with van der Waals surface area (Å²) >= 11 is 0. The molecule has 0 saturated heterocycles. The van der Waals surface area contributed by atoms with Crippen molar-refractivity contribution in [3.63, 3.8) is 0 Å². The Labute approximate surface area is 119 Å². The van der Waals surface area contributed by atoms with Gasteiger partial charge in [0.1, 0.15) is 0 Å². The molecular weight excluding hydrogens is 252 g/mol. The van der Waals surface area contributed by atoms with Crippen LogP contribution < -0.4 is 15.4 Å². The molecule has 2 aromatic rings. The van der Waals surface area contributed by atoms with Crippen LogP contribution in [0.1, 0.15) is 16.8 Å². The van der Waals surface area contributed by atoms with Gasteiger partial charge in [-0.3, -0.25) is 0 Å². The van der Waals surface area contributed by atoms with Gasteiger partial charge in [0, 0.05) is 31.9 Å². The molecule has 0 amide bonds. The fraction of sp³-hybridized carbons (Fsp3) is 0.333. The number of aryl methyl sites for hydroxylation is 1. The number of aromatic nitrogens is 2. The molecule has 1 heterocycles. The van der Waals surface area contributed by atoms with E-state index in [4.69, 9.17) is 10.5 Å². The van der Waals surface area contributed by atoms with Crippen LogP contribution in [0, 0.1) is 6.92 Å². The number of hydrogen-bond acceptors (Lipinski definition) is 5. The Bertz CT molecular complexity index is 586. The van der Waals surface area contributed by atoms with E-state index in [1.54, 1.807) is 7.11 Å². The van der Waals surface area contributed by atoms with Crippen LogP contribution in [-0.4, -0.2) is 24.1 Å². The predicted octanol–water partition coefficient (Wildman–Crippen LogP) is 1.89. The number of methoxy groups -OCH3 is 1. The van der Waals surface area contributed by atoms with E-state index in [2.05, 4.69) is 22.1 Å². The van der Waals surface area contributed by atoms with Gasteiger partial charge >= 0.3 is 0 Å². The first-order valence-corrected chi connectivity index (χ1v) is 6.51. The molecule has 0 spiro atoms. The summed E-state index contributed by atoms with van der Waals surface area (Å²) in [5.41, 5.74) is 8.85. The van der Waals surface area contributed by atoms with Gasteiger partial charge in [-0.1, -0.05) is 24.3 Å². The molecule has 0 aliphatic rings. The van der Waals surface area contributed by atoms with Crippen LogP contribution in [0.3, 0.4) is 0 Å². The van der Waals surface area contributed by atoms with E-state index in [9.17, 15) is 0 Å². The molecule has 2 N–H and O–H groups in total. The van der Waals surface area contributed by atoms with Crippen LogP contribution in [0.5, 0.6) is 5.88 Å². The van der Waals surface area contributed by atoms with Crippen LogP contribution in [0.2, 0.25) is 0 Å². The van der Waals surface area contributed by atoms with E-state index >= 15 is 0 Å². The topological polar surface area (TPSA) is 64.3 Å². The molecule has 1 aromatic carbocycles. The van der Waals surface area contributed by atoms with E-state index in [-0.39, 0.29) is 0 Å². The maximum atomic E-state index is 5.66. The summed E-state index contributed by atoms with van der Waals surface area (Å²) in [5, 5.41) is 0. The van der Waals surface area contributed by atoms with E-state index < -0.39 is 0 Å². The van der Waals surface area contributed by atoms with Gasteiger partial charge in [0.2, 0.25) is 11.8 Å². The molecule has 0 aliphatic carbocycles. The smallest absolute Gasteiger partial charge is 0.228 e. The van der Waals surface area contributed by atoms with Gasteiger partial charge in [0.15, 0.2) is 0 Å². The third kappa shape index (κ3) is 3.45. The summed E-state index contributed by atoms with van der Waals surface area (Å²) in [7, 11) is 3.57. The quantitative estimate of drug-likeness (QED) is 0.900. The Morgan fingerprint density at radius 1 is 1.20 bits per heavy atom. The number of nitrogens with zero attached hydrogens (tertiary/aromatic N) is 3. The van der Waals surface area contributed by atoms with Gasteiger partial charge in [0.25, 0.3) is 0 Å². The summed E-state index contributed by atoms with van der Waals surface area (Å²) in [6.45, 7) is 3.20. The summed E-state index contributed by atoms with van der Waals surface area (Å²) in [6, 6.07) is 10.0. The first-order chi connectivity index (χ1) is 9.62. The lowest BCUT2D eigenvalue weighted by atomic mass is 10.1. The number of benzene rings is 1. The van der Waals surface area contributed by atoms with E-state index in [0.717, 1.165) is 17.8 Å². The van der Waals surface area contributed by atoms with Crippen molar-refractivity contribution in [3.05, 3.63) is 47.2 Å². The minimum atomic E-state index is 0.548. The lowest BCUT2D eigenvalue weighted by Gasteiger charge is -2.18. The number of anilines is 1. The SMILES string of the molecule is COc1cc(C)nc(N(C)Cc2cccc(CN)c2)n1. The molecule has 0 radical (unpaired) electrons. The molecule has 5 heteroatoms. The first kappa shape index (κ1) is 14.3. The predicted molar refractivity (Wildman–Crippen MR) is 79.8 cm³/mol. The van der Waals surface area contributed by atoms with E-state index in [1.807, 2.05) is 37.1 Å². The molecular formula is C15H20N4O. The summed E-state index contributed by atoms with van der Waals surface area (Å²) in [6.07, 6.45) is 0. The molecule has 0 atom stereocenters. The van der Waals surface area contributed by atoms with Crippen LogP contribution in [0.15, 0.2) is 30.3 Å². The standard InChI is InChI=1S/C15H20N4O/c1-11-7-14(20-3)18-15(17-11)19(2)10-13-6-4-5-12(8-13)9-16/h4-8H,9-10,16H2,1-3H3. The van der Waals surface area contributed by atoms with Gasteiger partial charge in [-0.15, -0.1) is 0 Å². The monoisotopic (exact) mass is 272 g/mol. The second-order valence-corrected chi connectivity index (χ2v) is 4.73. The van der Waals surface area contributed by atoms with Crippen molar-refractivity contribution in [2.45, 2.75) is 20.0 Å². The fourth-order valence-corrected chi connectivity index (χ4v) is 2.00. The maximum Gasteiger partial charge on any atom is 0.228 e. The highest BCUT2D eigenvalue weighted by Crippen LogP contribution is 2.16. The van der Waals surface area contributed by atoms with Crippen LogP contribution in [0.4, 0.5) is 5.95 Å². The lowest BCUT2D eigenvalue weighted by molar-refractivity contribution is 0.396. The highest BCUT2D eigenvalue weighted by atomic mass is 16.5. The highest BCUT2D eigenvalue weighted by Gasteiger charge is 2.08. The molecule has 0 fully saturated rings. The van der Waals surface area contributed by atoms with Crippen molar-refractivity contribution in [2.24, 2.45) is 5.73 Å². The minimum absolute atomic E-state index is 0.548. The molecule has 0 aliphatic heterocycles. The van der Waals surface area contributed by atoms with Crippen molar-refractivity contribution >= 4 is 5.95 Å². The van der Waals surface area contributed by atoms with Crippen molar-refractivity contribution in [3.8, 4) is 5.88 Å². The molecule has 2 rings (SSSR count). The normalized spacial score (nSPS) is 10.4. The van der Waals surface area contributed by atoms with Crippen molar-refractivity contribution < 1.29 is 4.74 Å². The summed E-state index contributed by atoms with van der Waals surface area (Å²) in [4.78, 5) is 10.8. The van der Waals surface area contributed by atoms with Crippen LogP contribution >= 0.6 is 0 Å². The zero-order valence-electron chi connectivity index (χ0n) is 12.1. The molecule has 0 unspecified atom stereocenters. The van der Waals surface area contributed by atoms with E-state index in [0.29, 0.717) is 18.4 Å². The summed E-state index contributed by atoms with van der Waals surface area (Å²) in [5.74, 6) is 1.23. The van der Waals surface area contributed by atoms with Crippen molar-refractivity contribution in [1.82, 2.24) is 9.97 Å². The average molecular weight is 272 g/mol. The van der Waals surface area contributed by atoms with Crippen LogP contribution in [-0.2, 0) is 13.1 Å². The Hall–Kier alpha value is -2.14. The van der Waals surface area contributed by atoms with Crippen LogP contribution in [0.25, 0.3) is 0 Å².